The van der Waals surface area contributed by atoms with Crippen LogP contribution >= 0.6 is 0 Å². The van der Waals surface area contributed by atoms with Gasteiger partial charge in [0, 0.05) is 6.92 Å². The fraction of sp³-hybridized carbons (Fsp3) is 0.529. The molecule has 0 saturated heterocycles. The van der Waals surface area contributed by atoms with E-state index in [4.69, 9.17) is 14.6 Å². The Hall–Kier alpha value is -2.04. The molecule has 0 heterocycles. The maximum atomic E-state index is 11.1. The Bertz CT molecular complexity index is 522. The van der Waals surface area contributed by atoms with Gasteiger partial charge in [-0.05, 0) is 35.4 Å². The van der Waals surface area contributed by atoms with Crippen LogP contribution in [0.15, 0.2) is 18.2 Å². The molecule has 1 atom stereocenters. The monoisotopic (exact) mass is 308 g/mol. The van der Waals surface area contributed by atoms with Crippen LogP contribution in [0.4, 0.5) is 0 Å². The summed E-state index contributed by atoms with van der Waals surface area (Å²) in [5.41, 5.74) is 1.69. The molecule has 1 N–H and O–H groups in total. The quantitative estimate of drug-likeness (QED) is 0.745. The van der Waals surface area contributed by atoms with Crippen LogP contribution in [0.25, 0.3) is 0 Å². The van der Waals surface area contributed by atoms with Crippen molar-refractivity contribution in [3.8, 4) is 5.75 Å². The standard InChI is InChI=1S/C17H24O5/c1-11(2)7-14(9-17(19)20)15-6-5-13(8-16(15)21-4)10-22-12(3)18/h5-6,8,11,14H,7,9-10H2,1-4H3,(H,19,20). The summed E-state index contributed by atoms with van der Waals surface area (Å²) in [5, 5.41) is 9.12. The highest BCUT2D eigenvalue weighted by Crippen LogP contribution is 2.34. The molecule has 1 rings (SSSR count). The molecule has 1 aromatic rings. The minimum absolute atomic E-state index is 0.0673. The summed E-state index contributed by atoms with van der Waals surface area (Å²) in [4.78, 5) is 22.0. The van der Waals surface area contributed by atoms with Crippen molar-refractivity contribution in [3.05, 3.63) is 29.3 Å². The molecule has 5 nitrogen and oxygen atoms in total. The molecular formula is C17H24O5. The summed E-state index contributed by atoms with van der Waals surface area (Å²) in [6.45, 7) is 5.67. The Kier molecular flexibility index (Phi) is 6.89. The maximum absolute atomic E-state index is 11.1. The van der Waals surface area contributed by atoms with E-state index in [1.54, 1.807) is 13.2 Å². The highest BCUT2D eigenvalue weighted by molar-refractivity contribution is 5.68. The minimum atomic E-state index is -0.823. The number of ether oxygens (including phenoxy) is 2. The van der Waals surface area contributed by atoms with Crippen molar-refractivity contribution in [2.24, 2.45) is 5.92 Å². The van der Waals surface area contributed by atoms with Crippen LogP contribution < -0.4 is 4.74 Å². The van der Waals surface area contributed by atoms with E-state index in [2.05, 4.69) is 13.8 Å². The molecule has 0 saturated carbocycles. The number of hydrogen-bond donors (Lipinski definition) is 1. The van der Waals surface area contributed by atoms with Gasteiger partial charge in [0.25, 0.3) is 0 Å². The van der Waals surface area contributed by atoms with Gasteiger partial charge < -0.3 is 14.6 Å². The molecule has 122 valence electrons. The predicted octanol–water partition coefficient (Wildman–Crippen LogP) is 3.36. The van der Waals surface area contributed by atoms with Crippen LogP contribution in [-0.2, 0) is 20.9 Å². The Balaban J connectivity index is 3.03. The predicted molar refractivity (Wildman–Crippen MR) is 82.9 cm³/mol. The topological polar surface area (TPSA) is 72.8 Å². The molecule has 0 aliphatic rings. The highest BCUT2D eigenvalue weighted by atomic mass is 16.5. The van der Waals surface area contributed by atoms with Gasteiger partial charge in [0.2, 0.25) is 0 Å². The lowest BCUT2D eigenvalue weighted by Gasteiger charge is -2.21. The van der Waals surface area contributed by atoms with Crippen molar-refractivity contribution in [3.63, 3.8) is 0 Å². The Morgan fingerprint density at radius 1 is 1.27 bits per heavy atom. The van der Waals surface area contributed by atoms with Gasteiger partial charge in [-0.25, -0.2) is 0 Å². The number of carbonyl (C=O) groups is 2. The number of esters is 1. The highest BCUT2D eigenvalue weighted by Gasteiger charge is 2.21. The first-order valence-electron chi connectivity index (χ1n) is 7.35. The molecule has 1 aromatic carbocycles. The third-order valence-corrected chi connectivity index (χ3v) is 3.36. The summed E-state index contributed by atoms with van der Waals surface area (Å²) in [5.74, 6) is -0.246. The van der Waals surface area contributed by atoms with E-state index in [-0.39, 0.29) is 24.9 Å². The number of methoxy groups -OCH3 is 1. The van der Waals surface area contributed by atoms with Crippen LogP contribution in [0, 0.1) is 5.92 Å². The van der Waals surface area contributed by atoms with E-state index >= 15 is 0 Å². The zero-order valence-electron chi connectivity index (χ0n) is 13.6. The number of carboxylic acid groups (broad SMARTS) is 1. The first kappa shape index (κ1) is 18.0. The summed E-state index contributed by atoms with van der Waals surface area (Å²) < 4.78 is 10.4. The average Bonchev–Trinajstić information content (AvgIpc) is 2.43. The minimum Gasteiger partial charge on any atom is -0.496 e. The molecule has 0 spiro atoms. The number of aliphatic carboxylic acids is 1. The molecule has 0 fully saturated rings. The first-order chi connectivity index (χ1) is 10.3. The van der Waals surface area contributed by atoms with Gasteiger partial charge in [-0.3, -0.25) is 9.59 Å². The number of rotatable bonds is 8. The lowest BCUT2D eigenvalue weighted by Crippen LogP contribution is -2.11. The molecule has 22 heavy (non-hydrogen) atoms. The lowest BCUT2D eigenvalue weighted by atomic mass is 9.87. The summed E-state index contributed by atoms with van der Waals surface area (Å²) in [6, 6.07) is 5.51. The smallest absolute Gasteiger partial charge is 0.303 e. The second kappa shape index (κ2) is 8.41. The van der Waals surface area contributed by atoms with Crippen molar-refractivity contribution in [1.29, 1.82) is 0 Å². The second-order valence-corrected chi connectivity index (χ2v) is 5.78. The number of carbonyl (C=O) groups excluding carboxylic acids is 1. The molecule has 0 aromatic heterocycles. The van der Waals surface area contributed by atoms with Crippen molar-refractivity contribution >= 4 is 11.9 Å². The molecule has 0 aliphatic carbocycles. The van der Waals surface area contributed by atoms with Gasteiger partial charge in [0.1, 0.15) is 12.4 Å². The van der Waals surface area contributed by atoms with Crippen molar-refractivity contribution < 1.29 is 24.2 Å². The molecule has 0 aliphatic heterocycles. The van der Waals surface area contributed by atoms with Crippen LogP contribution in [-0.4, -0.2) is 24.2 Å². The van der Waals surface area contributed by atoms with Crippen LogP contribution in [0.2, 0.25) is 0 Å². The van der Waals surface area contributed by atoms with E-state index in [1.807, 2.05) is 12.1 Å². The molecule has 0 bridgehead atoms. The molecule has 5 heteroatoms. The van der Waals surface area contributed by atoms with Crippen molar-refractivity contribution in [1.82, 2.24) is 0 Å². The fourth-order valence-corrected chi connectivity index (χ4v) is 2.47. The largest absolute Gasteiger partial charge is 0.496 e. The van der Waals surface area contributed by atoms with E-state index in [0.717, 1.165) is 17.5 Å². The number of hydrogen-bond acceptors (Lipinski definition) is 4. The summed E-state index contributed by atoms with van der Waals surface area (Å²) in [7, 11) is 1.56. The van der Waals surface area contributed by atoms with E-state index in [9.17, 15) is 9.59 Å². The maximum Gasteiger partial charge on any atom is 0.303 e. The van der Waals surface area contributed by atoms with Gasteiger partial charge in [-0.2, -0.15) is 0 Å². The van der Waals surface area contributed by atoms with E-state index in [1.165, 1.54) is 6.92 Å². The number of benzene rings is 1. The van der Waals surface area contributed by atoms with E-state index in [0.29, 0.717) is 11.7 Å². The molecule has 0 amide bonds. The van der Waals surface area contributed by atoms with Gasteiger partial charge >= 0.3 is 11.9 Å². The Labute approximate surface area is 131 Å². The van der Waals surface area contributed by atoms with Gasteiger partial charge in [-0.1, -0.05) is 26.0 Å². The van der Waals surface area contributed by atoms with Crippen LogP contribution in [0.1, 0.15) is 50.7 Å². The van der Waals surface area contributed by atoms with Crippen molar-refractivity contribution in [2.45, 2.75) is 46.1 Å². The first-order valence-corrected chi connectivity index (χ1v) is 7.35. The Morgan fingerprint density at radius 3 is 2.45 bits per heavy atom. The zero-order chi connectivity index (χ0) is 16.7. The normalized spacial score (nSPS) is 12.0. The lowest BCUT2D eigenvalue weighted by molar-refractivity contribution is -0.142. The fourth-order valence-electron chi connectivity index (χ4n) is 2.47. The third kappa shape index (κ3) is 5.76. The average molecular weight is 308 g/mol. The molecule has 0 radical (unpaired) electrons. The zero-order valence-corrected chi connectivity index (χ0v) is 13.6. The van der Waals surface area contributed by atoms with Crippen LogP contribution in [0.5, 0.6) is 5.75 Å². The van der Waals surface area contributed by atoms with Gasteiger partial charge in [0.05, 0.1) is 13.5 Å². The number of carboxylic acids is 1. The summed E-state index contributed by atoms with van der Waals surface area (Å²) >= 11 is 0. The van der Waals surface area contributed by atoms with Gasteiger partial charge in [-0.15, -0.1) is 0 Å². The van der Waals surface area contributed by atoms with Gasteiger partial charge in [0.15, 0.2) is 0 Å². The Morgan fingerprint density at radius 2 is 1.95 bits per heavy atom. The van der Waals surface area contributed by atoms with Crippen LogP contribution in [0.3, 0.4) is 0 Å². The molecular weight excluding hydrogens is 284 g/mol. The van der Waals surface area contributed by atoms with E-state index < -0.39 is 5.97 Å². The SMILES string of the molecule is COc1cc(COC(C)=O)ccc1C(CC(=O)O)CC(C)C. The second-order valence-electron chi connectivity index (χ2n) is 5.78. The summed E-state index contributed by atoms with van der Waals surface area (Å²) in [6.07, 6.45) is 0.837. The molecule has 1 unspecified atom stereocenters. The third-order valence-electron chi connectivity index (χ3n) is 3.36. The van der Waals surface area contributed by atoms with Crippen molar-refractivity contribution in [2.75, 3.05) is 7.11 Å².